The Kier molecular flexibility index (Phi) is 6.09. The zero-order valence-electron chi connectivity index (χ0n) is 17.0. The Balaban J connectivity index is 1.60. The predicted octanol–water partition coefficient (Wildman–Crippen LogP) is 2.49. The van der Waals surface area contributed by atoms with Crippen LogP contribution in [0.3, 0.4) is 0 Å². The van der Waals surface area contributed by atoms with Crippen molar-refractivity contribution in [2.45, 2.75) is 37.5 Å². The Morgan fingerprint density at radius 1 is 1.17 bits per heavy atom. The number of thioether (sulfide) groups is 1. The first kappa shape index (κ1) is 21.6. The van der Waals surface area contributed by atoms with E-state index in [0.717, 1.165) is 32.8 Å². The van der Waals surface area contributed by atoms with Crippen molar-refractivity contribution >= 4 is 38.7 Å². The molecule has 0 bridgehead atoms. The summed E-state index contributed by atoms with van der Waals surface area (Å²) in [4.78, 5) is 15.2. The van der Waals surface area contributed by atoms with Crippen LogP contribution in [-0.4, -0.2) is 64.9 Å². The Morgan fingerprint density at radius 2 is 1.87 bits per heavy atom. The number of carbonyl (C=O) groups excluding carboxylic acids is 1. The van der Waals surface area contributed by atoms with Crippen molar-refractivity contribution in [1.29, 1.82) is 0 Å². The van der Waals surface area contributed by atoms with E-state index in [9.17, 15) is 17.8 Å². The highest BCUT2D eigenvalue weighted by atomic mass is 32.2. The summed E-state index contributed by atoms with van der Waals surface area (Å²) < 4.78 is 33.5. The predicted molar refractivity (Wildman–Crippen MR) is 120 cm³/mol. The van der Waals surface area contributed by atoms with Gasteiger partial charge in [-0.1, -0.05) is 36.4 Å². The topological polar surface area (TPSA) is 89.9 Å². The van der Waals surface area contributed by atoms with Gasteiger partial charge in [-0.15, -0.1) is 0 Å². The molecule has 2 aromatic rings. The molecule has 2 saturated heterocycles. The minimum absolute atomic E-state index is 0.0671. The van der Waals surface area contributed by atoms with Crippen molar-refractivity contribution in [2.24, 2.45) is 0 Å². The van der Waals surface area contributed by atoms with E-state index in [2.05, 4.69) is 29.6 Å². The van der Waals surface area contributed by atoms with Crippen LogP contribution in [0.15, 0.2) is 42.5 Å². The van der Waals surface area contributed by atoms with Crippen LogP contribution in [0.1, 0.15) is 24.8 Å². The van der Waals surface area contributed by atoms with Crippen LogP contribution in [0.4, 0.5) is 0 Å². The van der Waals surface area contributed by atoms with Crippen LogP contribution in [-0.2, 0) is 21.6 Å². The number of rotatable bonds is 6. The van der Waals surface area contributed by atoms with Crippen molar-refractivity contribution in [3.63, 3.8) is 0 Å². The Morgan fingerprint density at radius 3 is 2.53 bits per heavy atom. The molecule has 2 fully saturated rings. The van der Waals surface area contributed by atoms with Gasteiger partial charge in [0, 0.05) is 19.6 Å². The molecule has 2 heterocycles. The lowest BCUT2D eigenvalue weighted by atomic mass is 9.96. The second kappa shape index (κ2) is 8.47. The molecule has 2 aromatic carbocycles. The molecule has 0 aliphatic carbocycles. The number of amides is 1. The number of hydrogen-bond acceptors (Lipinski definition) is 5. The van der Waals surface area contributed by atoms with E-state index in [-0.39, 0.29) is 25.0 Å². The molecule has 2 aliphatic rings. The van der Waals surface area contributed by atoms with Crippen molar-refractivity contribution in [3.8, 4) is 0 Å². The molecule has 0 aromatic heterocycles. The summed E-state index contributed by atoms with van der Waals surface area (Å²) in [5.41, 5.74) is 0.457. The molecule has 30 heavy (non-hydrogen) atoms. The van der Waals surface area contributed by atoms with Crippen molar-refractivity contribution in [2.75, 3.05) is 25.1 Å². The van der Waals surface area contributed by atoms with Crippen molar-refractivity contribution in [1.82, 2.24) is 14.5 Å². The van der Waals surface area contributed by atoms with Crippen molar-refractivity contribution < 1.29 is 17.8 Å². The summed E-state index contributed by atoms with van der Waals surface area (Å²) in [7, 11) is -4.22. The van der Waals surface area contributed by atoms with Crippen LogP contribution in [0, 0.1) is 0 Å². The van der Waals surface area contributed by atoms with Crippen molar-refractivity contribution in [3.05, 3.63) is 48.0 Å². The molecular formula is C21H27N3O4S2. The number of carbonyl (C=O) groups is 1. The molecule has 1 atom stereocenters. The van der Waals surface area contributed by atoms with E-state index >= 15 is 0 Å². The minimum Gasteiger partial charge on any atom is -0.319 e. The van der Waals surface area contributed by atoms with Gasteiger partial charge < -0.3 is 4.90 Å². The quantitative estimate of drug-likeness (QED) is 0.659. The van der Waals surface area contributed by atoms with Crippen LogP contribution < -0.4 is 5.32 Å². The maximum absolute atomic E-state index is 13.3. The second-order valence-corrected chi connectivity index (χ2v) is 10.4. The SMILES string of the molecule is CSCCC1NC2(CCN(S(=O)(=O)O)CC2)N(Cc2ccc3ccccc3c2)C1=O. The summed E-state index contributed by atoms with van der Waals surface area (Å²) in [6.45, 7) is 0.837. The van der Waals surface area contributed by atoms with Gasteiger partial charge in [-0.25, -0.2) is 0 Å². The summed E-state index contributed by atoms with van der Waals surface area (Å²) in [6, 6.07) is 14.1. The third-order valence-corrected chi connectivity index (χ3v) is 7.83. The fraction of sp³-hybridized carbons (Fsp3) is 0.476. The molecule has 7 nitrogen and oxygen atoms in total. The van der Waals surface area contributed by atoms with Crippen LogP contribution in [0.25, 0.3) is 10.8 Å². The summed E-state index contributed by atoms with van der Waals surface area (Å²) in [5.74, 6) is 0.943. The Bertz CT molecular complexity index is 1040. The minimum atomic E-state index is -4.22. The number of nitrogens with zero attached hydrogens (tertiary/aromatic N) is 2. The van der Waals surface area contributed by atoms with Gasteiger partial charge in [-0.3, -0.25) is 14.7 Å². The molecule has 9 heteroatoms. The average molecular weight is 450 g/mol. The standard InChI is InChI=1S/C21H27N3O4S2/c1-29-13-8-19-20(25)24(15-16-6-7-17-4-2-3-5-18(17)14-16)21(22-19)9-11-23(12-10-21)30(26,27)28/h2-7,14,19,22H,8-13,15H2,1H3,(H,26,27,28). The van der Waals surface area contributed by atoms with E-state index in [4.69, 9.17) is 0 Å². The number of fused-ring (bicyclic) bond motifs is 1. The fourth-order valence-corrected chi connectivity index (χ4v) is 5.66. The van der Waals surface area contributed by atoms with Crippen LogP contribution in [0.2, 0.25) is 0 Å². The first-order valence-electron chi connectivity index (χ1n) is 10.1. The largest absolute Gasteiger partial charge is 0.335 e. The molecule has 1 amide bonds. The third kappa shape index (κ3) is 4.22. The zero-order valence-corrected chi connectivity index (χ0v) is 18.6. The van der Waals surface area contributed by atoms with Gasteiger partial charge in [-0.05, 0) is 53.7 Å². The zero-order chi connectivity index (χ0) is 21.4. The van der Waals surface area contributed by atoms with Crippen LogP contribution >= 0.6 is 11.8 Å². The van der Waals surface area contributed by atoms with E-state index in [1.54, 1.807) is 11.8 Å². The lowest BCUT2D eigenvalue weighted by Crippen LogP contribution is -2.59. The lowest BCUT2D eigenvalue weighted by Gasteiger charge is -2.43. The smallest absolute Gasteiger partial charge is 0.319 e. The average Bonchev–Trinajstić information content (AvgIpc) is 2.97. The normalized spacial score (nSPS) is 22.3. The van der Waals surface area contributed by atoms with Gasteiger partial charge in [0.2, 0.25) is 5.91 Å². The first-order chi connectivity index (χ1) is 14.3. The number of piperidine rings is 1. The summed E-state index contributed by atoms with van der Waals surface area (Å²) in [6.07, 6.45) is 3.65. The lowest BCUT2D eigenvalue weighted by molar-refractivity contribution is -0.134. The van der Waals surface area contributed by atoms with E-state index in [1.165, 1.54) is 0 Å². The fourth-order valence-electron chi connectivity index (χ4n) is 4.54. The van der Waals surface area contributed by atoms with Gasteiger partial charge in [0.1, 0.15) is 0 Å². The molecule has 0 saturated carbocycles. The molecule has 1 spiro atoms. The van der Waals surface area contributed by atoms with Gasteiger partial charge in [0.05, 0.1) is 11.7 Å². The number of hydrogen-bond donors (Lipinski definition) is 2. The van der Waals surface area contributed by atoms with E-state index < -0.39 is 16.0 Å². The molecule has 2 N–H and O–H groups in total. The number of nitrogens with one attached hydrogen (secondary N) is 1. The monoisotopic (exact) mass is 449 g/mol. The summed E-state index contributed by atoms with van der Waals surface area (Å²) in [5, 5.41) is 5.81. The summed E-state index contributed by atoms with van der Waals surface area (Å²) >= 11 is 1.70. The first-order valence-corrected chi connectivity index (χ1v) is 12.9. The molecule has 2 aliphatic heterocycles. The molecule has 162 valence electrons. The highest BCUT2D eigenvalue weighted by Gasteiger charge is 2.51. The molecule has 4 rings (SSSR count). The molecule has 1 unspecified atom stereocenters. The van der Waals surface area contributed by atoms with Gasteiger partial charge in [0.15, 0.2) is 0 Å². The maximum Gasteiger partial charge on any atom is 0.335 e. The van der Waals surface area contributed by atoms with Gasteiger partial charge >= 0.3 is 10.3 Å². The highest BCUT2D eigenvalue weighted by Crippen LogP contribution is 2.35. The van der Waals surface area contributed by atoms with Gasteiger partial charge in [-0.2, -0.15) is 24.5 Å². The second-order valence-electron chi connectivity index (χ2n) is 7.99. The molecule has 0 radical (unpaired) electrons. The van der Waals surface area contributed by atoms with Crippen LogP contribution in [0.5, 0.6) is 0 Å². The molecular weight excluding hydrogens is 422 g/mol. The van der Waals surface area contributed by atoms with E-state index in [0.29, 0.717) is 19.4 Å². The highest BCUT2D eigenvalue weighted by molar-refractivity contribution is 7.98. The Labute approximate surface area is 181 Å². The maximum atomic E-state index is 13.3. The number of benzene rings is 2. The van der Waals surface area contributed by atoms with Gasteiger partial charge in [0.25, 0.3) is 0 Å². The third-order valence-electron chi connectivity index (χ3n) is 6.16. The van der Waals surface area contributed by atoms with E-state index in [1.807, 2.05) is 29.4 Å². The Hall–Kier alpha value is -1.65.